The van der Waals surface area contributed by atoms with Gasteiger partial charge in [0.1, 0.15) is 10.7 Å². The van der Waals surface area contributed by atoms with Crippen molar-refractivity contribution in [3.8, 4) is 0 Å². The molecule has 174 valence electrons. The summed E-state index contributed by atoms with van der Waals surface area (Å²) in [6, 6.07) is 2.84. The summed E-state index contributed by atoms with van der Waals surface area (Å²) >= 11 is 0.641. The quantitative estimate of drug-likeness (QED) is 0.713. The Morgan fingerprint density at radius 2 is 1.97 bits per heavy atom. The standard InChI is InChI=1S/C21H27F3N6OS/c1-12-10-14(25)20(11-12)5-8-30(9-6-20)19-28-17(26)15(18(31)29(19)2)32-13-4-3-7-27-16(13)21(22,23)24/h3-4,7,12,14H,5-6,8-11,25-26H2,1-2H3. The van der Waals surface area contributed by atoms with Crippen molar-refractivity contribution in [1.82, 2.24) is 14.5 Å². The number of anilines is 2. The number of hydrogen-bond donors (Lipinski definition) is 2. The predicted octanol–water partition coefficient (Wildman–Crippen LogP) is 3.27. The van der Waals surface area contributed by atoms with Crippen LogP contribution in [0, 0.1) is 11.3 Å². The molecule has 1 saturated carbocycles. The summed E-state index contributed by atoms with van der Waals surface area (Å²) in [5.41, 5.74) is 11.1. The van der Waals surface area contributed by atoms with Crippen molar-refractivity contribution in [2.45, 2.75) is 54.6 Å². The monoisotopic (exact) mass is 468 g/mol. The molecule has 2 atom stereocenters. The highest BCUT2D eigenvalue weighted by Gasteiger charge is 2.46. The van der Waals surface area contributed by atoms with Crippen LogP contribution in [-0.4, -0.2) is 33.7 Å². The Labute approximate surface area is 188 Å². The molecule has 0 bridgehead atoms. The average molecular weight is 469 g/mol. The molecular formula is C21H27F3N6OS. The van der Waals surface area contributed by atoms with E-state index in [1.165, 1.54) is 16.7 Å². The number of nitrogens with zero attached hydrogens (tertiary/aromatic N) is 4. The molecule has 1 spiro atoms. The molecule has 0 amide bonds. The molecule has 0 aromatic carbocycles. The maximum atomic E-state index is 13.3. The van der Waals surface area contributed by atoms with Crippen molar-refractivity contribution < 1.29 is 13.2 Å². The molecule has 2 aromatic heterocycles. The van der Waals surface area contributed by atoms with Crippen LogP contribution in [0.15, 0.2) is 32.9 Å². The normalized spacial score (nSPS) is 23.1. The van der Waals surface area contributed by atoms with Gasteiger partial charge in [0.2, 0.25) is 5.95 Å². The Balaban J connectivity index is 1.59. The smallest absolute Gasteiger partial charge is 0.382 e. The fourth-order valence-corrected chi connectivity index (χ4v) is 6.11. The summed E-state index contributed by atoms with van der Waals surface area (Å²) in [5.74, 6) is 0.949. The second-order valence-electron chi connectivity index (χ2n) is 8.94. The number of pyridine rings is 1. The molecule has 4 N–H and O–H groups in total. The highest BCUT2D eigenvalue weighted by atomic mass is 32.2. The van der Waals surface area contributed by atoms with Crippen molar-refractivity contribution in [2.75, 3.05) is 23.7 Å². The summed E-state index contributed by atoms with van der Waals surface area (Å²) in [5, 5.41) is 0. The first kappa shape index (κ1) is 22.9. The van der Waals surface area contributed by atoms with Gasteiger partial charge < -0.3 is 16.4 Å². The van der Waals surface area contributed by atoms with Gasteiger partial charge in [-0.25, -0.2) is 0 Å². The summed E-state index contributed by atoms with van der Waals surface area (Å²) in [6.45, 7) is 3.64. The maximum Gasteiger partial charge on any atom is 0.434 e. The average Bonchev–Trinajstić information content (AvgIpc) is 3.01. The highest BCUT2D eigenvalue weighted by molar-refractivity contribution is 7.99. The van der Waals surface area contributed by atoms with E-state index in [-0.39, 0.29) is 27.1 Å². The number of rotatable bonds is 3. The third-order valence-electron chi connectivity index (χ3n) is 6.74. The molecule has 1 saturated heterocycles. The van der Waals surface area contributed by atoms with Crippen LogP contribution in [0.2, 0.25) is 0 Å². The van der Waals surface area contributed by atoms with E-state index in [9.17, 15) is 18.0 Å². The van der Waals surface area contributed by atoms with Crippen molar-refractivity contribution in [3.63, 3.8) is 0 Å². The van der Waals surface area contributed by atoms with E-state index in [1.54, 1.807) is 7.05 Å². The van der Waals surface area contributed by atoms with Gasteiger partial charge in [-0.05, 0) is 49.1 Å². The summed E-state index contributed by atoms with van der Waals surface area (Å²) < 4.78 is 41.2. The molecule has 2 fully saturated rings. The second kappa shape index (κ2) is 8.26. The van der Waals surface area contributed by atoms with E-state index in [2.05, 4.69) is 16.9 Å². The van der Waals surface area contributed by atoms with Gasteiger partial charge in [-0.1, -0.05) is 18.7 Å². The predicted molar refractivity (Wildman–Crippen MR) is 118 cm³/mol. The zero-order chi connectivity index (χ0) is 23.3. The van der Waals surface area contributed by atoms with Crippen LogP contribution in [0.4, 0.5) is 24.9 Å². The largest absolute Gasteiger partial charge is 0.434 e. The molecule has 4 rings (SSSR count). The molecule has 2 unspecified atom stereocenters. The van der Waals surface area contributed by atoms with Crippen LogP contribution in [0.5, 0.6) is 0 Å². The van der Waals surface area contributed by atoms with Crippen molar-refractivity contribution >= 4 is 23.5 Å². The number of aromatic nitrogens is 3. The van der Waals surface area contributed by atoms with E-state index in [4.69, 9.17) is 11.5 Å². The Kier molecular flexibility index (Phi) is 5.91. The number of hydrogen-bond acceptors (Lipinski definition) is 7. The third kappa shape index (κ3) is 4.07. The SMILES string of the molecule is CC1CC(N)C2(CCN(c3nc(N)c(Sc4cccnc4C(F)(F)F)c(=O)n3C)CC2)C1. The van der Waals surface area contributed by atoms with Crippen LogP contribution in [0.3, 0.4) is 0 Å². The molecule has 7 nitrogen and oxygen atoms in total. The lowest BCUT2D eigenvalue weighted by molar-refractivity contribution is -0.143. The zero-order valence-corrected chi connectivity index (χ0v) is 18.8. The molecule has 0 radical (unpaired) electrons. The zero-order valence-electron chi connectivity index (χ0n) is 18.0. The Bertz CT molecular complexity index is 1060. The maximum absolute atomic E-state index is 13.3. The summed E-state index contributed by atoms with van der Waals surface area (Å²) in [6.07, 6.45) is 0.391. The lowest BCUT2D eigenvalue weighted by atomic mass is 9.74. The van der Waals surface area contributed by atoms with Gasteiger partial charge in [0, 0.05) is 37.3 Å². The number of alkyl halides is 3. The minimum absolute atomic E-state index is 0.0464. The summed E-state index contributed by atoms with van der Waals surface area (Å²) in [7, 11) is 1.57. The topological polar surface area (TPSA) is 103 Å². The van der Waals surface area contributed by atoms with E-state index in [0.29, 0.717) is 36.7 Å². The van der Waals surface area contributed by atoms with Crippen molar-refractivity contribution in [2.24, 2.45) is 24.1 Å². The molecule has 2 aromatic rings. The van der Waals surface area contributed by atoms with Gasteiger partial charge in [-0.3, -0.25) is 14.3 Å². The van der Waals surface area contributed by atoms with Crippen molar-refractivity contribution in [1.29, 1.82) is 0 Å². The third-order valence-corrected chi connectivity index (χ3v) is 7.88. The van der Waals surface area contributed by atoms with E-state index < -0.39 is 17.4 Å². The molecule has 1 aliphatic carbocycles. The first-order valence-corrected chi connectivity index (χ1v) is 11.4. The number of halogens is 3. The first-order valence-electron chi connectivity index (χ1n) is 10.6. The molecule has 32 heavy (non-hydrogen) atoms. The fraction of sp³-hybridized carbons (Fsp3) is 0.571. The van der Waals surface area contributed by atoms with E-state index >= 15 is 0 Å². The van der Waals surface area contributed by atoms with E-state index in [0.717, 1.165) is 31.9 Å². The fourth-order valence-electron chi connectivity index (χ4n) is 5.10. The first-order chi connectivity index (χ1) is 15.0. The van der Waals surface area contributed by atoms with Gasteiger partial charge in [-0.15, -0.1) is 0 Å². The van der Waals surface area contributed by atoms with Gasteiger partial charge in [0.25, 0.3) is 5.56 Å². The van der Waals surface area contributed by atoms with Gasteiger partial charge in [0.15, 0.2) is 5.69 Å². The minimum Gasteiger partial charge on any atom is -0.382 e. The summed E-state index contributed by atoms with van der Waals surface area (Å²) in [4.78, 5) is 22.6. The van der Waals surface area contributed by atoms with Crippen LogP contribution >= 0.6 is 11.8 Å². The second-order valence-corrected chi connectivity index (χ2v) is 9.99. The lowest BCUT2D eigenvalue weighted by Crippen LogP contribution is -2.48. The molecule has 2 aliphatic rings. The van der Waals surface area contributed by atoms with Gasteiger partial charge in [-0.2, -0.15) is 18.2 Å². The van der Waals surface area contributed by atoms with Crippen LogP contribution < -0.4 is 21.9 Å². The molecular weight excluding hydrogens is 441 g/mol. The Morgan fingerprint density at radius 3 is 2.56 bits per heavy atom. The Morgan fingerprint density at radius 1 is 1.28 bits per heavy atom. The minimum atomic E-state index is -4.64. The Hall–Kier alpha value is -2.27. The van der Waals surface area contributed by atoms with Crippen molar-refractivity contribution in [3.05, 3.63) is 34.4 Å². The van der Waals surface area contributed by atoms with Crippen LogP contribution in [0.1, 0.15) is 38.3 Å². The molecule has 11 heteroatoms. The highest BCUT2D eigenvalue weighted by Crippen LogP contribution is 2.48. The van der Waals surface area contributed by atoms with Gasteiger partial charge >= 0.3 is 6.18 Å². The molecule has 3 heterocycles. The van der Waals surface area contributed by atoms with Crippen LogP contribution in [0.25, 0.3) is 0 Å². The lowest BCUT2D eigenvalue weighted by Gasteiger charge is -2.42. The van der Waals surface area contributed by atoms with E-state index in [1.807, 2.05) is 4.90 Å². The number of nitrogens with two attached hydrogens (primary N) is 2. The van der Waals surface area contributed by atoms with Gasteiger partial charge in [0.05, 0.1) is 0 Å². The molecule has 1 aliphatic heterocycles. The van der Waals surface area contributed by atoms with Crippen LogP contribution in [-0.2, 0) is 13.2 Å². The number of nitrogen functional groups attached to an aromatic ring is 1. The number of piperidine rings is 1.